The maximum atomic E-state index is 13.4. The number of anilines is 1. The number of ketones is 1. The van der Waals surface area contributed by atoms with Crippen LogP contribution in [0.15, 0.2) is 60.3 Å². The van der Waals surface area contributed by atoms with Crippen molar-refractivity contribution in [1.29, 1.82) is 0 Å². The van der Waals surface area contributed by atoms with Crippen molar-refractivity contribution in [3.63, 3.8) is 0 Å². The number of hydrogen-bond acceptors (Lipinski definition) is 4. The molecular weight excluding hydrogens is 372 g/mol. The Hall–Kier alpha value is -3.14. The Morgan fingerprint density at radius 3 is 2.67 bits per heavy atom. The first-order valence-electron chi connectivity index (χ1n) is 10.6. The number of aromatic nitrogens is 1. The number of nitrogens with one attached hydrogen (secondary N) is 1. The third kappa shape index (κ3) is 3.07. The maximum Gasteiger partial charge on any atom is 0.162 e. The number of nitrogens with zero attached hydrogens (tertiary/aromatic N) is 1. The molecule has 3 aromatic rings. The molecule has 2 aromatic carbocycles. The predicted octanol–water partition coefficient (Wildman–Crippen LogP) is 5.94. The Morgan fingerprint density at radius 2 is 1.90 bits per heavy atom. The molecule has 0 saturated carbocycles. The lowest BCUT2D eigenvalue weighted by atomic mass is 9.68. The minimum Gasteiger partial charge on any atom is -0.494 e. The van der Waals surface area contributed by atoms with Crippen LogP contribution in [0.3, 0.4) is 0 Å². The van der Waals surface area contributed by atoms with Gasteiger partial charge in [0.2, 0.25) is 0 Å². The number of rotatable bonds is 3. The van der Waals surface area contributed by atoms with Gasteiger partial charge in [-0.1, -0.05) is 32.0 Å². The molecule has 30 heavy (non-hydrogen) atoms. The highest BCUT2D eigenvalue weighted by molar-refractivity contribution is 6.12. The summed E-state index contributed by atoms with van der Waals surface area (Å²) in [5.74, 6) is 1.08. The zero-order valence-electron chi connectivity index (χ0n) is 17.7. The SMILES string of the molecule is CCOc1ccc([C@H]2Nc3ccc4ncccc4c3C3=C2C(=O)CC(C)(C)C3)cc1. The second kappa shape index (κ2) is 6.98. The fraction of sp³-hybridized carbons (Fsp3) is 0.308. The molecule has 4 heteroatoms. The van der Waals surface area contributed by atoms with Gasteiger partial charge in [-0.05, 0) is 60.2 Å². The Morgan fingerprint density at radius 1 is 1.10 bits per heavy atom. The number of carbonyl (C=O) groups is 1. The largest absolute Gasteiger partial charge is 0.494 e. The third-order valence-electron chi connectivity index (χ3n) is 6.12. The zero-order chi connectivity index (χ0) is 20.9. The van der Waals surface area contributed by atoms with E-state index in [0.717, 1.165) is 45.5 Å². The minimum absolute atomic E-state index is 0.0573. The van der Waals surface area contributed by atoms with Crippen molar-refractivity contribution in [3.8, 4) is 5.75 Å². The number of Topliss-reactive ketones (excluding diaryl/α,β-unsaturated/α-hetero) is 1. The first-order valence-corrected chi connectivity index (χ1v) is 10.6. The van der Waals surface area contributed by atoms with Gasteiger partial charge in [-0.2, -0.15) is 0 Å². The van der Waals surface area contributed by atoms with Crippen molar-refractivity contribution >= 4 is 27.9 Å². The van der Waals surface area contributed by atoms with E-state index in [4.69, 9.17) is 4.74 Å². The molecule has 0 radical (unpaired) electrons. The maximum absolute atomic E-state index is 13.4. The lowest BCUT2D eigenvalue weighted by molar-refractivity contribution is -0.118. The van der Waals surface area contributed by atoms with E-state index in [1.165, 1.54) is 5.57 Å². The lowest BCUT2D eigenvalue weighted by Crippen LogP contribution is -2.33. The number of ether oxygens (including phenoxy) is 1. The number of allylic oxidation sites excluding steroid dienone is 1. The average molecular weight is 399 g/mol. The van der Waals surface area contributed by atoms with Crippen LogP contribution >= 0.6 is 0 Å². The van der Waals surface area contributed by atoms with Gasteiger partial charge < -0.3 is 10.1 Å². The standard InChI is InChI=1S/C26H26N2O2/c1-4-30-17-9-7-16(8-10-17)25-24-19(14-26(2,3)15-22(24)29)23-18-6-5-13-27-20(18)11-12-21(23)28-25/h5-13,25,28H,4,14-15H2,1-3H3/t25-/m1/s1. The van der Waals surface area contributed by atoms with Gasteiger partial charge in [-0.25, -0.2) is 0 Å². The van der Waals surface area contributed by atoms with Gasteiger partial charge in [-0.15, -0.1) is 0 Å². The van der Waals surface area contributed by atoms with E-state index in [-0.39, 0.29) is 17.2 Å². The number of hydrogen-bond donors (Lipinski definition) is 1. The molecule has 4 nitrogen and oxygen atoms in total. The van der Waals surface area contributed by atoms with Gasteiger partial charge >= 0.3 is 0 Å². The van der Waals surface area contributed by atoms with Crippen LogP contribution < -0.4 is 10.1 Å². The molecular formula is C26H26N2O2. The summed E-state index contributed by atoms with van der Waals surface area (Å²) < 4.78 is 5.60. The number of carbonyl (C=O) groups excluding carboxylic acids is 1. The summed E-state index contributed by atoms with van der Waals surface area (Å²) in [5.41, 5.74) is 6.26. The molecule has 152 valence electrons. The molecule has 0 bridgehead atoms. The van der Waals surface area contributed by atoms with Crippen LogP contribution in [0.4, 0.5) is 5.69 Å². The van der Waals surface area contributed by atoms with Gasteiger partial charge in [0.15, 0.2) is 5.78 Å². The summed E-state index contributed by atoms with van der Waals surface area (Å²) in [6.07, 6.45) is 3.27. The van der Waals surface area contributed by atoms with E-state index in [1.807, 2.05) is 31.3 Å². The first kappa shape index (κ1) is 18.9. The van der Waals surface area contributed by atoms with E-state index in [0.29, 0.717) is 13.0 Å². The topological polar surface area (TPSA) is 51.2 Å². The fourth-order valence-corrected chi connectivity index (χ4v) is 4.89. The summed E-state index contributed by atoms with van der Waals surface area (Å²) in [5, 5.41) is 4.77. The van der Waals surface area contributed by atoms with Crippen molar-refractivity contribution in [2.24, 2.45) is 5.41 Å². The quantitative estimate of drug-likeness (QED) is 0.593. The molecule has 0 saturated heterocycles. The lowest BCUT2D eigenvalue weighted by Gasteiger charge is -2.40. The molecule has 0 amide bonds. The molecule has 1 aromatic heterocycles. The average Bonchev–Trinajstić information content (AvgIpc) is 2.72. The van der Waals surface area contributed by atoms with Crippen LogP contribution in [-0.2, 0) is 4.79 Å². The number of benzene rings is 2. The molecule has 2 heterocycles. The molecule has 0 spiro atoms. The van der Waals surface area contributed by atoms with Crippen molar-refractivity contribution < 1.29 is 9.53 Å². The summed E-state index contributed by atoms with van der Waals surface area (Å²) >= 11 is 0. The smallest absolute Gasteiger partial charge is 0.162 e. The molecule has 2 aliphatic rings. The van der Waals surface area contributed by atoms with Crippen LogP contribution in [0.2, 0.25) is 0 Å². The third-order valence-corrected chi connectivity index (χ3v) is 6.12. The first-order chi connectivity index (χ1) is 14.5. The summed E-state index contributed by atoms with van der Waals surface area (Å²) in [4.78, 5) is 17.9. The number of fused-ring (bicyclic) bond motifs is 4. The molecule has 1 aliphatic heterocycles. The highest BCUT2D eigenvalue weighted by Gasteiger charge is 2.40. The van der Waals surface area contributed by atoms with Crippen LogP contribution in [-0.4, -0.2) is 17.4 Å². The summed E-state index contributed by atoms with van der Waals surface area (Å²) in [6.45, 7) is 6.99. The van der Waals surface area contributed by atoms with E-state index in [9.17, 15) is 4.79 Å². The van der Waals surface area contributed by atoms with Crippen LogP contribution in [0, 0.1) is 5.41 Å². The highest BCUT2D eigenvalue weighted by atomic mass is 16.5. The second-order valence-electron chi connectivity index (χ2n) is 8.97. The van der Waals surface area contributed by atoms with Crippen LogP contribution in [0.5, 0.6) is 5.75 Å². The van der Waals surface area contributed by atoms with Gasteiger partial charge in [0.05, 0.1) is 18.2 Å². The van der Waals surface area contributed by atoms with Gasteiger partial charge in [-0.3, -0.25) is 9.78 Å². The zero-order valence-corrected chi connectivity index (χ0v) is 17.7. The van der Waals surface area contributed by atoms with E-state index in [1.54, 1.807) is 0 Å². The fourth-order valence-electron chi connectivity index (χ4n) is 4.89. The predicted molar refractivity (Wildman–Crippen MR) is 121 cm³/mol. The second-order valence-corrected chi connectivity index (χ2v) is 8.97. The van der Waals surface area contributed by atoms with E-state index in [2.05, 4.69) is 54.5 Å². The monoisotopic (exact) mass is 398 g/mol. The van der Waals surface area contributed by atoms with Crippen molar-refractivity contribution in [1.82, 2.24) is 4.98 Å². The molecule has 1 N–H and O–H groups in total. The summed E-state index contributed by atoms with van der Waals surface area (Å²) in [6, 6.07) is 16.2. The van der Waals surface area contributed by atoms with E-state index < -0.39 is 0 Å². The molecule has 0 fully saturated rings. The van der Waals surface area contributed by atoms with E-state index >= 15 is 0 Å². The molecule has 5 rings (SSSR count). The van der Waals surface area contributed by atoms with Crippen molar-refractivity contribution in [2.45, 2.75) is 39.7 Å². The Balaban J connectivity index is 1.71. The normalized spacial score (nSPS) is 19.8. The Labute approximate surface area is 177 Å². The minimum atomic E-state index is -0.152. The van der Waals surface area contributed by atoms with Crippen LogP contribution in [0.1, 0.15) is 50.8 Å². The Bertz CT molecular complexity index is 1180. The molecule has 0 unspecified atom stereocenters. The highest BCUT2D eigenvalue weighted by Crippen LogP contribution is 2.51. The van der Waals surface area contributed by atoms with Gasteiger partial charge in [0, 0.05) is 34.8 Å². The summed E-state index contributed by atoms with van der Waals surface area (Å²) in [7, 11) is 0. The Kier molecular flexibility index (Phi) is 4.39. The number of pyridine rings is 1. The van der Waals surface area contributed by atoms with Gasteiger partial charge in [0.1, 0.15) is 5.75 Å². The molecule has 1 atom stereocenters. The van der Waals surface area contributed by atoms with Crippen molar-refractivity contribution in [3.05, 3.63) is 71.4 Å². The van der Waals surface area contributed by atoms with Crippen molar-refractivity contribution in [2.75, 3.05) is 11.9 Å². The van der Waals surface area contributed by atoms with Gasteiger partial charge in [0.25, 0.3) is 0 Å². The molecule has 1 aliphatic carbocycles. The van der Waals surface area contributed by atoms with Crippen LogP contribution in [0.25, 0.3) is 16.5 Å².